The zero-order valence-electron chi connectivity index (χ0n) is 11.5. The van der Waals surface area contributed by atoms with Gasteiger partial charge in [0.05, 0.1) is 22.9 Å². The van der Waals surface area contributed by atoms with Crippen LogP contribution in [0.2, 0.25) is 0 Å². The highest BCUT2D eigenvalue weighted by Gasteiger charge is 2.40. The van der Waals surface area contributed by atoms with Crippen molar-refractivity contribution in [2.24, 2.45) is 0 Å². The molecular formula is C13H20IN3O2. The van der Waals surface area contributed by atoms with Crippen LogP contribution in [0.15, 0.2) is 12.4 Å². The van der Waals surface area contributed by atoms with E-state index in [1.54, 1.807) is 0 Å². The number of esters is 1. The van der Waals surface area contributed by atoms with Crippen LogP contribution in [0.25, 0.3) is 0 Å². The molecule has 2 atom stereocenters. The van der Waals surface area contributed by atoms with Gasteiger partial charge >= 0.3 is 5.97 Å². The Balaban J connectivity index is 2.08. The first-order valence-corrected chi connectivity index (χ1v) is 7.58. The summed E-state index contributed by atoms with van der Waals surface area (Å²) >= 11 is 2.23. The molecule has 6 heteroatoms. The van der Waals surface area contributed by atoms with Crippen LogP contribution in [0.1, 0.15) is 39.2 Å². The van der Waals surface area contributed by atoms with E-state index < -0.39 is 5.54 Å². The van der Waals surface area contributed by atoms with Crippen LogP contribution >= 0.6 is 22.6 Å². The second-order valence-corrected chi connectivity index (χ2v) is 6.68. The van der Waals surface area contributed by atoms with E-state index in [0.717, 1.165) is 16.4 Å². The van der Waals surface area contributed by atoms with E-state index in [1.165, 1.54) is 7.11 Å². The SMILES string of the molecule is COC(=O)C(C)(CC(C)n1cc(I)cn1)NC1CC1. The molecular weight excluding hydrogens is 357 g/mol. The molecule has 0 amide bonds. The molecule has 19 heavy (non-hydrogen) atoms. The highest BCUT2D eigenvalue weighted by molar-refractivity contribution is 14.1. The van der Waals surface area contributed by atoms with Crippen LogP contribution in [0.3, 0.4) is 0 Å². The van der Waals surface area contributed by atoms with Gasteiger partial charge in [0.25, 0.3) is 0 Å². The number of nitrogens with zero attached hydrogens (tertiary/aromatic N) is 2. The van der Waals surface area contributed by atoms with Gasteiger partial charge in [0, 0.05) is 12.2 Å². The summed E-state index contributed by atoms with van der Waals surface area (Å²) in [6, 6.07) is 0.591. The van der Waals surface area contributed by atoms with Crippen LogP contribution < -0.4 is 5.32 Å². The predicted molar refractivity (Wildman–Crippen MR) is 80.9 cm³/mol. The van der Waals surface area contributed by atoms with Crippen molar-refractivity contribution in [3.63, 3.8) is 0 Å². The molecule has 1 aromatic rings. The number of aromatic nitrogens is 2. The van der Waals surface area contributed by atoms with Gasteiger partial charge < -0.3 is 4.74 Å². The van der Waals surface area contributed by atoms with Gasteiger partial charge in [-0.25, -0.2) is 0 Å². The molecule has 0 saturated heterocycles. The summed E-state index contributed by atoms with van der Waals surface area (Å²) in [5, 5.41) is 7.72. The third-order valence-electron chi connectivity index (χ3n) is 3.46. The van der Waals surface area contributed by atoms with Crippen LogP contribution in [-0.4, -0.2) is 34.4 Å². The minimum Gasteiger partial charge on any atom is -0.468 e. The number of carbonyl (C=O) groups is 1. The topological polar surface area (TPSA) is 56.2 Å². The molecule has 2 rings (SSSR count). The Morgan fingerprint density at radius 1 is 1.74 bits per heavy atom. The van der Waals surface area contributed by atoms with Gasteiger partial charge in [-0.3, -0.25) is 14.8 Å². The maximum Gasteiger partial charge on any atom is 0.325 e. The lowest BCUT2D eigenvalue weighted by molar-refractivity contribution is -0.148. The van der Waals surface area contributed by atoms with Gasteiger partial charge in [0.1, 0.15) is 5.54 Å². The summed E-state index contributed by atoms with van der Waals surface area (Å²) in [4.78, 5) is 12.1. The van der Waals surface area contributed by atoms with Gasteiger partial charge in [0.2, 0.25) is 0 Å². The average molecular weight is 377 g/mol. The Hall–Kier alpha value is -0.630. The fraction of sp³-hybridized carbons (Fsp3) is 0.692. The molecule has 0 spiro atoms. The highest BCUT2D eigenvalue weighted by Crippen LogP contribution is 2.28. The number of hydrogen-bond acceptors (Lipinski definition) is 4. The summed E-state index contributed by atoms with van der Waals surface area (Å²) in [5.74, 6) is -0.201. The number of nitrogens with one attached hydrogen (secondary N) is 1. The van der Waals surface area contributed by atoms with E-state index in [4.69, 9.17) is 4.74 Å². The van der Waals surface area contributed by atoms with Crippen molar-refractivity contribution in [3.05, 3.63) is 16.0 Å². The summed E-state index contributed by atoms with van der Waals surface area (Å²) in [6.45, 7) is 3.99. The fourth-order valence-electron chi connectivity index (χ4n) is 2.34. The Morgan fingerprint density at radius 2 is 2.42 bits per heavy atom. The summed E-state index contributed by atoms with van der Waals surface area (Å²) < 4.78 is 7.95. The highest BCUT2D eigenvalue weighted by atomic mass is 127. The van der Waals surface area contributed by atoms with Gasteiger partial charge in [-0.1, -0.05) is 0 Å². The second-order valence-electron chi connectivity index (χ2n) is 5.43. The first-order chi connectivity index (χ1) is 8.94. The number of carbonyl (C=O) groups excluding carboxylic acids is 1. The van der Waals surface area contributed by atoms with Crippen molar-refractivity contribution in [3.8, 4) is 0 Å². The number of hydrogen-bond donors (Lipinski definition) is 1. The van der Waals surface area contributed by atoms with E-state index in [1.807, 2.05) is 24.0 Å². The number of rotatable bonds is 6. The van der Waals surface area contributed by atoms with Gasteiger partial charge in [-0.05, 0) is 55.7 Å². The Bertz CT molecular complexity index is 458. The number of methoxy groups -OCH3 is 1. The number of halogens is 1. The minimum atomic E-state index is -0.646. The molecule has 2 unspecified atom stereocenters. The summed E-state index contributed by atoms with van der Waals surface area (Å²) in [5.41, 5.74) is -0.646. The molecule has 5 nitrogen and oxygen atoms in total. The molecule has 1 aliphatic rings. The Labute approximate surface area is 127 Å². The minimum absolute atomic E-state index is 0.138. The average Bonchev–Trinajstić information content (AvgIpc) is 3.06. The van der Waals surface area contributed by atoms with Crippen LogP contribution in [0, 0.1) is 3.57 Å². The standard InChI is InChI=1S/C13H20IN3O2/c1-9(17-8-10(14)7-15-17)6-13(2,12(18)19-3)16-11-4-5-11/h7-9,11,16H,4-6H2,1-3H3. The van der Waals surface area contributed by atoms with Crippen LogP contribution in [-0.2, 0) is 9.53 Å². The maximum atomic E-state index is 12.1. The molecule has 0 radical (unpaired) electrons. The lowest BCUT2D eigenvalue weighted by Crippen LogP contribution is -2.52. The van der Waals surface area contributed by atoms with Crippen molar-refractivity contribution in [2.45, 2.75) is 50.7 Å². The van der Waals surface area contributed by atoms with Crippen molar-refractivity contribution in [1.29, 1.82) is 0 Å². The molecule has 0 bridgehead atoms. The molecule has 1 aliphatic carbocycles. The van der Waals surface area contributed by atoms with E-state index in [9.17, 15) is 4.79 Å². The molecule has 1 aromatic heterocycles. The van der Waals surface area contributed by atoms with Gasteiger partial charge in [-0.2, -0.15) is 5.10 Å². The zero-order chi connectivity index (χ0) is 14.0. The zero-order valence-corrected chi connectivity index (χ0v) is 13.7. The molecule has 0 aromatic carbocycles. The quantitative estimate of drug-likeness (QED) is 0.610. The molecule has 106 valence electrons. The Morgan fingerprint density at radius 3 is 2.89 bits per heavy atom. The van der Waals surface area contributed by atoms with E-state index in [-0.39, 0.29) is 12.0 Å². The first kappa shape index (κ1) is 14.8. The fourth-order valence-corrected chi connectivity index (χ4v) is 2.75. The lowest BCUT2D eigenvalue weighted by atomic mass is 9.93. The van der Waals surface area contributed by atoms with Gasteiger partial charge in [-0.15, -0.1) is 0 Å². The largest absolute Gasteiger partial charge is 0.468 e. The van der Waals surface area contributed by atoms with E-state index in [2.05, 4.69) is 39.9 Å². The maximum absolute atomic E-state index is 12.1. The first-order valence-electron chi connectivity index (χ1n) is 6.50. The van der Waals surface area contributed by atoms with Crippen LogP contribution in [0.4, 0.5) is 0 Å². The smallest absolute Gasteiger partial charge is 0.325 e. The Kier molecular flexibility index (Phi) is 4.50. The third kappa shape index (κ3) is 3.68. The molecule has 1 heterocycles. The van der Waals surface area contributed by atoms with Crippen molar-refractivity contribution in [2.75, 3.05) is 7.11 Å². The summed E-state index contributed by atoms with van der Waals surface area (Å²) in [6.07, 6.45) is 6.75. The van der Waals surface area contributed by atoms with Crippen molar-refractivity contribution in [1.82, 2.24) is 15.1 Å². The van der Waals surface area contributed by atoms with E-state index in [0.29, 0.717) is 12.5 Å². The molecule has 1 N–H and O–H groups in total. The third-order valence-corrected chi connectivity index (χ3v) is 4.02. The molecule has 0 aliphatic heterocycles. The number of ether oxygens (including phenoxy) is 1. The second kappa shape index (κ2) is 5.78. The lowest BCUT2D eigenvalue weighted by Gasteiger charge is -2.30. The van der Waals surface area contributed by atoms with Crippen LogP contribution in [0.5, 0.6) is 0 Å². The monoisotopic (exact) mass is 377 g/mol. The summed E-state index contributed by atoms with van der Waals surface area (Å²) in [7, 11) is 1.44. The van der Waals surface area contributed by atoms with Gasteiger partial charge in [0.15, 0.2) is 0 Å². The molecule has 1 fully saturated rings. The van der Waals surface area contributed by atoms with Crippen molar-refractivity contribution < 1.29 is 9.53 Å². The van der Waals surface area contributed by atoms with Crippen molar-refractivity contribution >= 4 is 28.6 Å². The van der Waals surface area contributed by atoms with E-state index >= 15 is 0 Å². The molecule has 1 saturated carbocycles. The normalized spacial score (nSPS) is 19.8. The predicted octanol–water partition coefficient (Wildman–Crippen LogP) is 2.12.